The average molecular weight is 985 g/mol. The maximum atomic E-state index is 12.8. The molecule has 0 amide bonds. The highest BCUT2D eigenvalue weighted by Gasteiger charge is 2.30. The summed E-state index contributed by atoms with van der Waals surface area (Å²) in [5, 5.41) is 12.8. The van der Waals surface area contributed by atoms with Crippen LogP contribution in [0.4, 0.5) is 0 Å². The smallest absolute Gasteiger partial charge is 0.149 e. The van der Waals surface area contributed by atoms with E-state index in [1.807, 2.05) is 54.7 Å². The molecule has 376 valence electrons. The minimum absolute atomic E-state index is 0.0843. The first-order chi connectivity index (χ1) is 36.7. The molecule has 0 unspecified atom stereocenters. The number of fused-ring (bicyclic) bond motifs is 1. The van der Waals surface area contributed by atoms with Crippen molar-refractivity contribution in [3.05, 3.63) is 216 Å². The maximum absolute atomic E-state index is 12.8. The summed E-state index contributed by atoms with van der Waals surface area (Å²) >= 11 is 0. The molecule has 0 fully saturated rings. The van der Waals surface area contributed by atoms with Crippen LogP contribution in [0.3, 0.4) is 0 Å². The molecule has 2 heterocycles. The number of para-hydroxylation sites is 1. The molecule has 0 aliphatic rings. The zero-order valence-corrected chi connectivity index (χ0v) is 45.7. The van der Waals surface area contributed by atoms with Gasteiger partial charge in [-0.25, -0.2) is 4.98 Å². The van der Waals surface area contributed by atoms with Crippen molar-refractivity contribution in [3.8, 4) is 89.7 Å². The second kappa shape index (κ2) is 19.1. The summed E-state index contributed by atoms with van der Waals surface area (Å²) in [7, 11) is 0. The molecular weight excluding hydrogens is 911 g/mol. The summed E-state index contributed by atoms with van der Waals surface area (Å²) in [6.45, 7) is 23.6. The molecule has 0 radical (unpaired) electrons. The fraction of sp³-hybridized carbons (Fsp3) is 0.239. The molecule has 10 rings (SSSR count). The Bertz CT molecular complexity index is 3840. The Balaban J connectivity index is 1.26. The molecule has 4 heteroatoms. The molecule has 0 saturated carbocycles. The van der Waals surface area contributed by atoms with Crippen LogP contribution in [-0.2, 0) is 21.7 Å². The minimum Gasteiger partial charge on any atom is -0.507 e. The minimum atomic E-state index is -2.50. The van der Waals surface area contributed by atoms with Crippen LogP contribution in [0.1, 0.15) is 115 Å². The zero-order chi connectivity index (χ0) is 55.7. The van der Waals surface area contributed by atoms with Gasteiger partial charge in [0.1, 0.15) is 11.6 Å². The first-order valence-corrected chi connectivity index (χ1v) is 26.3. The van der Waals surface area contributed by atoms with Gasteiger partial charge in [0.15, 0.2) is 0 Å². The van der Waals surface area contributed by atoms with Crippen molar-refractivity contribution >= 4 is 11.0 Å². The van der Waals surface area contributed by atoms with Gasteiger partial charge >= 0.3 is 0 Å². The summed E-state index contributed by atoms with van der Waals surface area (Å²) < 4.78 is 29.7. The number of phenolic OH excluding ortho intramolecular Hbond substituents is 1. The van der Waals surface area contributed by atoms with Gasteiger partial charge in [-0.15, -0.1) is 0 Å². The van der Waals surface area contributed by atoms with E-state index < -0.39 is 12.3 Å². The van der Waals surface area contributed by atoms with Crippen molar-refractivity contribution in [2.24, 2.45) is 0 Å². The molecule has 2 aromatic heterocycles. The Kier molecular flexibility index (Phi) is 12.0. The first kappa shape index (κ1) is 46.9. The third-order valence-corrected chi connectivity index (χ3v) is 14.7. The summed E-state index contributed by atoms with van der Waals surface area (Å²) in [6.07, 6.45) is 1.89. The van der Waals surface area contributed by atoms with Crippen LogP contribution >= 0.6 is 0 Å². The van der Waals surface area contributed by atoms with E-state index in [0.29, 0.717) is 28.2 Å². The number of hydrogen-bond acceptors (Lipinski definition) is 3. The van der Waals surface area contributed by atoms with Gasteiger partial charge in [0.2, 0.25) is 0 Å². The van der Waals surface area contributed by atoms with E-state index in [-0.39, 0.29) is 27.6 Å². The van der Waals surface area contributed by atoms with Gasteiger partial charge in [0.05, 0.1) is 28.0 Å². The van der Waals surface area contributed by atoms with Crippen molar-refractivity contribution in [3.63, 3.8) is 0 Å². The predicted octanol–water partition coefficient (Wildman–Crippen LogP) is 19.3. The molecular formula is C71H71N3O. The van der Waals surface area contributed by atoms with E-state index in [9.17, 15) is 9.22 Å². The number of aromatic nitrogens is 3. The molecule has 0 atom stereocenters. The van der Waals surface area contributed by atoms with Gasteiger partial charge in [-0.05, 0) is 144 Å². The van der Waals surface area contributed by atoms with Crippen molar-refractivity contribution in [1.82, 2.24) is 14.5 Å². The lowest BCUT2D eigenvalue weighted by Gasteiger charge is -2.28. The first-order valence-electron chi connectivity index (χ1n) is 27.8. The second-order valence-electron chi connectivity index (χ2n) is 24.4. The zero-order valence-electron chi connectivity index (χ0n) is 48.7. The molecule has 0 aliphatic heterocycles. The van der Waals surface area contributed by atoms with Gasteiger partial charge in [-0.3, -0.25) is 9.55 Å². The van der Waals surface area contributed by atoms with Crippen molar-refractivity contribution < 1.29 is 9.22 Å². The van der Waals surface area contributed by atoms with Gasteiger partial charge in [-0.1, -0.05) is 217 Å². The Labute approximate surface area is 450 Å². The van der Waals surface area contributed by atoms with Crippen LogP contribution in [-0.4, -0.2) is 19.6 Å². The van der Waals surface area contributed by atoms with E-state index in [1.165, 1.54) is 5.56 Å². The fourth-order valence-corrected chi connectivity index (χ4v) is 10.2. The second-order valence-corrected chi connectivity index (χ2v) is 24.4. The predicted molar refractivity (Wildman–Crippen MR) is 318 cm³/mol. The highest BCUT2D eigenvalue weighted by atomic mass is 16.3. The average Bonchev–Trinajstić information content (AvgIpc) is 3.89. The van der Waals surface area contributed by atoms with Crippen molar-refractivity contribution in [2.75, 3.05) is 0 Å². The summed E-state index contributed by atoms with van der Waals surface area (Å²) in [5.74, 6) is 0.640. The maximum Gasteiger partial charge on any atom is 0.149 e. The summed E-state index contributed by atoms with van der Waals surface area (Å²) in [5.41, 5.74) is 17.3. The van der Waals surface area contributed by atoms with Crippen LogP contribution in [0.2, 0.25) is 0 Å². The van der Waals surface area contributed by atoms with E-state index >= 15 is 0 Å². The van der Waals surface area contributed by atoms with Gasteiger partial charge in [-0.2, -0.15) is 0 Å². The van der Waals surface area contributed by atoms with Crippen LogP contribution < -0.4 is 0 Å². The molecule has 0 bridgehead atoms. The number of imidazole rings is 1. The molecule has 1 N–H and O–H groups in total. The number of aryl methyl sites for hydroxylation is 1. The SMILES string of the molecule is [2H]C([2H])([2H])c1cc(-n2c(-c3cc(C(C)(C)C)cc(C(C)(C)C)c3O)nc3c(-c4cc(-c5cc(-c6ccc(-c7ccccc7)cc6)ccn5)cc(C(C)(C)C)c4)cccc32)c(-c2ccccc2)cc1-c1ccc(C(C)(C)C)cc1. The Morgan fingerprint density at radius 1 is 0.413 bits per heavy atom. The number of hydrogen-bond donors (Lipinski definition) is 1. The van der Waals surface area contributed by atoms with Crippen LogP contribution in [0.25, 0.3) is 95.0 Å². The fourth-order valence-electron chi connectivity index (χ4n) is 10.2. The number of rotatable bonds is 8. The Morgan fingerprint density at radius 3 is 1.59 bits per heavy atom. The highest BCUT2D eigenvalue weighted by Crippen LogP contribution is 2.47. The summed E-state index contributed by atoms with van der Waals surface area (Å²) in [4.78, 5) is 10.7. The van der Waals surface area contributed by atoms with Gasteiger partial charge < -0.3 is 5.11 Å². The third-order valence-electron chi connectivity index (χ3n) is 14.7. The van der Waals surface area contributed by atoms with Crippen LogP contribution in [0.15, 0.2) is 188 Å². The lowest BCUT2D eigenvalue weighted by molar-refractivity contribution is 0.446. The standard InChI is InChI=1S/C71H71N3O/c1-45-37-64(59(49-23-18-15-19-24-49)44-58(45)50-31-33-54(34-32-50)68(2,3)4)74-63-26-20-25-57(65(63)73-67(74)60-42-56(70(8,9)10)43-61(66(60)75)71(11,12)13)52-38-53(40-55(39-52)69(5,6)7)62-41-51(35-36-72-62)48-29-27-47(28-30-48)46-21-16-14-17-22-46/h14-44,75H,1-13H3/i1D3. The molecule has 10 aromatic rings. The molecule has 0 spiro atoms. The highest BCUT2D eigenvalue weighted by molar-refractivity contribution is 5.98. The monoisotopic (exact) mass is 985 g/mol. The largest absolute Gasteiger partial charge is 0.507 e. The van der Waals surface area contributed by atoms with E-state index in [4.69, 9.17) is 9.97 Å². The van der Waals surface area contributed by atoms with Gasteiger partial charge in [0, 0.05) is 32.6 Å². The lowest BCUT2D eigenvalue weighted by atomic mass is 9.79. The van der Waals surface area contributed by atoms with E-state index in [1.54, 1.807) is 0 Å². The normalized spacial score (nSPS) is 13.1. The number of pyridine rings is 1. The Morgan fingerprint density at radius 2 is 0.973 bits per heavy atom. The Hall–Kier alpha value is -7.82. The van der Waals surface area contributed by atoms with E-state index in [0.717, 1.165) is 83.5 Å². The van der Waals surface area contributed by atoms with Crippen LogP contribution in [0.5, 0.6) is 5.75 Å². The number of aromatic hydroxyl groups is 1. The molecule has 4 nitrogen and oxygen atoms in total. The van der Waals surface area contributed by atoms with Crippen LogP contribution in [0, 0.1) is 6.85 Å². The van der Waals surface area contributed by atoms with Gasteiger partial charge in [0.25, 0.3) is 0 Å². The number of phenols is 1. The summed E-state index contributed by atoms with van der Waals surface area (Å²) in [6, 6.07) is 62.9. The quantitative estimate of drug-likeness (QED) is 0.165. The lowest BCUT2D eigenvalue weighted by Crippen LogP contribution is -2.17. The topological polar surface area (TPSA) is 50.9 Å². The molecule has 0 saturated heterocycles. The van der Waals surface area contributed by atoms with Crippen molar-refractivity contribution in [1.29, 1.82) is 0 Å². The van der Waals surface area contributed by atoms with Crippen molar-refractivity contribution in [2.45, 2.75) is 112 Å². The molecule has 75 heavy (non-hydrogen) atoms. The molecule has 8 aromatic carbocycles. The number of benzene rings is 8. The molecule has 0 aliphatic carbocycles. The number of nitrogens with zero attached hydrogens (tertiary/aromatic N) is 3. The van der Waals surface area contributed by atoms with E-state index in [2.05, 4.69) is 221 Å². The third kappa shape index (κ3) is 10.1.